The lowest BCUT2D eigenvalue weighted by molar-refractivity contribution is 0.112. The molecule has 0 spiro atoms. The molecule has 2 N–H and O–H groups in total. The van der Waals surface area contributed by atoms with Crippen LogP contribution in [0.5, 0.6) is 0 Å². The Hall–Kier alpha value is -1.25. The molecule has 0 bridgehead atoms. The zero-order valence-corrected chi connectivity index (χ0v) is 5.76. The number of anilines is 1. The Morgan fingerprint density at radius 2 is 2.50 bits per heavy atom. The molecule has 0 radical (unpaired) electrons. The SMILES string of the molecule is CCc1oc(N)cc1C=O. The fourth-order valence-electron chi connectivity index (χ4n) is 0.840. The number of furan rings is 1. The third-order valence-electron chi connectivity index (χ3n) is 1.31. The van der Waals surface area contributed by atoms with Crippen LogP contribution in [0.4, 0.5) is 5.88 Å². The lowest BCUT2D eigenvalue weighted by Crippen LogP contribution is -1.81. The first kappa shape index (κ1) is 6.86. The van der Waals surface area contributed by atoms with Gasteiger partial charge in [-0.2, -0.15) is 0 Å². The molecule has 0 fully saturated rings. The average molecular weight is 139 g/mol. The summed E-state index contributed by atoms with van der Waals surface area (Å²) in [7, 11) is 0. The number of nitrogen functional groups attached to an aromatic ring is 1. The van der Waals surface area contributed by atoms with Gasteiger partial charge in [-0.25, -0.2) is 0 Å². The predicted octanol–water partition coefficient (Wildman–Crippen LogP) is 1.24. The Morgan fingerprint density at radius 3 is 2.90 bits per heavy atom. The highest BCUT2D eigenvalue weighted by molar-refractivity contribution is 5.77. The van der Waals surface area contributed by atoms with Crippen molar-refractivity contribution in [3.8, 4) is 0 Å². The normalized spacial score (nSPS) is 9.70. The van der Waals surface area contributed by atoms with Gasteiger partial charge in [-0.05, 0) is 0 Å². The van der Waals surface area contributed by atoms with Gasteiger partial charge in [0.1, 0.15) is 5.76 Å². The Kier molecular flexibility index (Phi) is 1.76. The van der Waals surface area contributed by atoms with Crippen LogP contribution in [-0.2, 0) is 6.42 Å². The molecule has 0 aliphatic rings. The molecule has 1 aromatic heterocycles. The van der Waals surface area contributed by atoms with Gasteiger partial charge >= 0.3 is 0 Å². The molecule has 0 aliphatic heterocycles. The molecule has 0 saturated heterocycles. The standard InChI is InChI=1S/C7H9NO2/c1-2-6-5(4-9)3-7(8)10-6/h3-4H,2,8H2,1H3. The van der Waals surface area contributed by atoms with Crippen LogP contribution in [0.25, 0.3) is 0 Å². The number of hydrogen-bond acceptors (Lipinski definition) is 3. The van der Waals surface area contributed by atoms with Crippen molar-refractivity contribution in [2.75, 3.05) is 5.73 Å². The van der Waals surface area contributed by atoms with E-state index in [0.29, 0.717) is 23.6 Å². The predicted molar refractivity (Wildman–Crippen MR) is 37.9 cm³/mol. The smallest absolute Gasteiger partial charge is 0.191 e. The first-order valence-corrected chi connectivity index (χ1v) is 3.11. The summed E-state index contributed by atoms with van der Waals surface area (Å²) in [5.74, 6) is 0.964. The Bertz CT molecular complexity index is 240. The van der Waals surface area contributed by atoms with Gasteiger partial charge in [0, 0.05) is 12.5 Å². The van der Waals surface area contributed by atoms with Gasteiger partial charge in [0.2, 0.25) is 0 Å². The third-order valence-corrected chi connectivity index (χ3v) is 1.31. The summed E-state index contributed by atoms with van der Waals surface area (Å²) in [6, 6.07) is 1.53. The van der Waals surface area contributed by atoms with Crippen LogP contribution >= 0.6 is 0 Å². The van der Waals surface area contributed by atoms with Crippen molar-refractivity contribution < 1.29 is 9.21 Å². The highest BCUT2D eigenvalue weighted by Crippen LogP contribution is 2.15. The molecule has 3 nitrogen and oxygen atoms in total. The van der Waals surface area contributed by atoms with E-state index in [1.807, 2.05) is 6.92 Å². The van der Waals surface area contributed by atoms with E-state index in [9.17, 15) is 4.79 Å². The number of carbonyl (C=O) groups excluding carboxylic acids is 1. The number of rotatable bonds is 2. The molecular formula is C7H9NO2. The fraction of sp³-hybridized carbons (Fsp3) is 0.286. The lowest BCUT2D eigenvalue weighted by Gasteiger charge is -1.86. The van der Waals surface area contributed by atoms with Crippen molar-refractivity contribution in [2.45, 2.75) is 13.3 Å². The van der Waals surface area contributed by atoms with Crippen LogP contribution in [0.15, 0.2) is 10.5 Å². The van der Waals surface area contributed by atoms with Crippen molar-refractivity contribution in [1.82, 2.24) is 0 Å². The summed E-state index contributed by atoms with van der Waals surface area (Å²) in [5.41, 5.74) is 5.86. The summed E-state index contributed by atoms with van der Waals surface area (Å²) in [4.78, 5) is 10.3. The number of aryl methyl sites for hydroxylation is 1. The monoisotopic (exact) mass is 139 g/mol. The van der Waals surface area contributed by atoms with Gasteiger partial charge in [0.15, 0.2) is 12.2 Å². The molecule has 0 unspecified atom stereocenters. The minimum Gasteiger partial charge on any atom is -0.445 e. The van der Waals surface area contributed by atoms with Gasteiger partial charge < -0.3 is 10.2 Å². The van der Waals surface area contributed by atoms with Gasteiger partial charge in [-0.15, -0.1) is 0 Å². The summed E-state index contributed by atoms with van der Waals surface area (Å²) in [6.07, 6.45) is 1.45. The van der Waals surface area contributed by atoms with Crippen molar-refractivity contribution >= 4 is 12.2 Å². The molecule has 3 heteroatoms. The molecular weight excluding hydrogens is 130 g/mol. The van der Waals surface area contributed by atoms with Crippen molar-refractivity contribution in [3.05, 3.63) is 17.4 Å². The van der Waals surface area contributed by atoms with Gasteiger partial charge in [0.25, 0.3) is 0 Å². The first-order valence-electron chi connectivity index (χ1n) is 3.11. The minimum atomic E-state index is 0.305. The van der Waals surface area contributed by atoms with Crippen LogP contribution < -0.4 is 5.73 Å². The molecule has 0 saturated carbocycles. The molecule has 0 aliphatic carbocycles. The van der Waals surface area contributed by atoms with Crippen LogP contribution in [0.1, 0.15) is 23.0 Å². The van der Waals surface area contributed by atoms with Crippen LogP contribution in [0, 0.1) is 0 Å². The molecule has 0 amide bonds. The second-order valence-electron chi connectivity index (χ2n) is 2.00. The van der Waals surface area contributed by atoms with Crippen LogP contribution in [0.2, 0.25) is 0 Å². The van der Waals surface area contributed by atoms with E-state index in [2.05, 4.69) is 0 Å². The summed E-state index contributed by atoms with van der Waals surface area (Å²) < 4.78 is 5.00. The number of nitrogens with two attached hydrogens (primary N) is 1. The Morgan fingerprint density at radius 1 is 1.80 bits per heavy atom. The van der Waals surface area contributed by atoms with Crippen molar-refractivity contribution in [3.63, 3.8) is 0 Å². The van der Waals surface area contributed by atoms with E-state index in [4.69, 9.17) is 10.2 Å². The van der Waals surface area contributed by atoms with E-state index in [1.165, 1.54) is 6.07 Å². The number of aldehydes is 1. The fourth-order valence-corrected chi connectivity index (χ4v) is 0.840. The summed E-state index contributed by atoms with van der Waals surface area (Å²) in [6.45, 7) is 1.91. The van der Waals surface area contributed by atoms with Crippen LogP contribution in [-0.4, -0.2) is 6.29 Å². The van der Waals surface area contributed by atoms with Crippen molar-refractivity contribution in [2.24, 2.45) is 0 Å². The molecule has 54 valence electrons. The molecule has 1 heterocycles. The molecule has 10 heavy (non-hydrogen) atoms. The van der Waals surface area contributed by atoms with Crippen LogP contribution in [0.3, 0.4) is 0 Å². The Balaban J connectivity index is 3.08. The highest BCUT2D eigenvalue weighted by Gasteiger charge is 2.04. The number of carbonyl (C=O) groups is 1. The maximum Gasteiger partial charge on any atom is 0.191 e. The topological polar surface area (TPSA) is 56.2 Å². The molecule has 0 atom stereocenters. The zero-order chi connectivity index (χ0) is 7.56. The van der Waals surface area contributed by atoms with E-state index in [1.54, 1.807) is 0 Å². The third kappa shape index (κ3) is 1.03. The minimum absolute atomic E-state index is 0.305. The van der Waals surface area contributed by atoms with E-state index >= 15 is 0 Å². The zero-order valence-electron chi connectivity index (χ0n) is 5.76. The van der Waals surface area contributed by atoms with Gasteiger partial charge in [-0.3, -0.25) is 4.79 Å². The maximum absolute atomic E-state index is 10.3. The van der Waals surface area contributed by atoms with E-state index in [-0.39, 0.29) is 0 Å². The summed E-state index contributed by atoms with van der Waals surface area (Å²) in [5, 5.41) is 0. The average Bonchev–Trinajstić information content (AvgIpc) is 2.30. The van der Waals surface area contributed by atoms with E-state index in [0.717, 1.165) is 6.29 Å². The van der Waals surface area contributed by atoms with Crippen molar-refractivity contribution in [1.29, 1.82) is 0 Å². The number of hydrogen-bond donors (Lipinski definition) is 1. The Labute approximate surface area is 58.8 Å². The van der Waals surface area contributed by atoms with Gasteiger partial charge in [-0.1, -0.05) is 6.92 Å². The second-order valence-corrected chi connectivity index (χ2v) is 2.00. The molecule has 1 aromatic rings. The largest absolute Gasteiger partial charge is 0.445 e. The highest BCUT2D eigenvalue weighted by atomic mass is 16.4. The van der Waals surface area contributed by atoms with Gasteiger partial charge in [0.05, 0.1) is 5.56 Å². The molecule has 0 aromatic carbocycles. The molecule has 1 rings (SSSR count). The maximum atomic E-state index is 10.3. The summed E-state index contributed by atoms with van der Waals surface area (Å²) >= 11 is 0. The second kappa shape index (κ2) is 2.56. The van der Waals surface area contributed by atoms with E-state index < -0.39 is 0 Å². The lowest BCUT2D eigenvalue weighted by atomic mass is 10.2. The quantitative estimate of drug-likeness (QED) is 0.627. The first-order chi connectivity index (χ1) is 4.77.